The number of allylic oxidation sites excluding steroid dienone is 5. The van der Waals surface area contributed by atoms with Crippen LogP contribution in [0.3, 0.4) is 0 Å². The Morgan fingerprint density at radius 2 is 2.15 bits per heavy atom. The predicted octanol–water partition coefficient (Wildman–Crippen LogP) is 4.84. The summed E-state index contributed by atoms with van der Waals surface area (Å²) in [5.74, 6) is 7.72. The Balaban J connectivity index is 0.00000168. The van der Waals surface area contributed by atoms with E-state index in [-0.39, 0.29) is 12.4 Å². The molecule has 0 saturated carbocycles. The quantitative estimate of drug-likeness (QED) is 0.668. The van der Waals surface area contributed by atoms with Gasteiger partial charge in [-0.3, -0.25) is 0 Å². The largest absolute Gasteiger partial charge is 0.387 e. The number of nitrogens with one attached hydrogen (secondary N) is 1. The van der Waals surface area contributed by atoms with Crippen LogP contribution in [-0.4, -0.2) is 17.5 Å². The number of dihydropyridines is 1. The summed E-state index contributed by atoms with van der Waals surface area (Å²) < 4.78 is 0. The van der Waals surface area contributed by atoms with Crippen molar-refractivity contribution in [1.29, 1.82) is 0 Å². The highest BCUT2D eigenvalue weighted by Crippen LogP contribution is 2.54. The number of nitrogens with zero attached hydrogens (tertiary/aromatic N) is 1. The molecule has 5 rings (SSSR count). The van der Waals surface area contributed by atoms with Gasteiger partial charge in [-0.05, 0) is 62.2 Å². The first-order valence-electron chi connectivity index (χ1n) is 9.81. The summed E-state index contributed by atoms with van der Waals surface area (Å²) in [7, 11) is 0. The Hall–Kier alpha value is -1.85. The third kappa shape index (κ3) is 2.57. The summed E-state index contributed by atoms with van der Waals surface area (Å²) in [6.07, 6.45) is 19.1. The number of rotatable bonds is 1. The average Bonchev–Trinajstić information content (AvgIpc) is 2.88. The molecule has 0 amide bonds. The topological polar surface area (TPSA) is 15.3 Å². The Labute approximate surface area is 163 Å². The van der Waals surface area contributed by atoms with Gasteiger partial charge in [-0.25, -0.2) is 0 Å². The second-order valence-corrected chi connectivity index (χ2v) is 7.74. The van der Waals surface area contributed by atoms with Crippen LogP contribution in [0.2, 0.25) is 0 Å². The first-order valence-corrected chi connectivity index (χ1v) is 9.81. The van der Waals surface area contributed by atoms with Gasteiger partial charge in [0, 0.05) is 42.1 Å². The molecule has 0 aromatic rings. The fourth-order valence-corrected chi connectivity index (χ4v) is 5.42. The van der Waals surface area contributed by atoms with E-state index in [1.54, 1.807) is 11.3 Å². The van der Waals surface area contributed by atoms with Crippen LogP contribution in [0.25, 0.3) is 0 Å². The molecule has 3 unspecified atom stereocenters. The summed E-state index contributed by atoms with van der Waals surface area (Å²) in [4.78, 5) is 2.74. The second-order valence-electron chi connectivity index (χ2n) is 7.74. The van der Waals surface area contributed by atoms with Gasteiger partial charge in [0.05, 0.1) is 6.04 Å². The van der Waals surface area contributed by atoms with Crippen LogP contribution < -0.4 is 5.32 Å². The number of halogens is 1. The molecule has 0 bridgehead atoms. The van der Waals surface area contributed by atoms with Crippen molar-refractivity contribution in [3.8, 4) is 11.8 Å². The van der Waals surface area contributed by atoms with Crippen molar-refractivity contribution in [3.63, 3.8) is 0 Å². The molecule has 2 aliphatic carbocycles. The maximum absolute atomic E-state index is 3.46. The molecule has 5 aliphatic rings. The zero-order valence-corrected chi connectivity index (χ0v) is 16.2. The lowest BCUT2D eigenvalue weighted by Crippen LogP contribution is -2.35. The lowest BCUT2D eigenvalue weighted by Gasteiger charge is -2.37. The lowest BCUT2D eigenvalue weighted by atomic mass is 9.76. The van der Waals surface area contributed by atoms with Crippen molar-refractivity contribution in [2.75, 3.05) is 6.54 Å². The van der Waals surface area contributed by atoms with Crippen molar-refractivity contribution >= 4 is 12.4 Å². The smallest absolute Gasteiger partial charge is 0.0588 e. The Morgan fingerprint density at radius 3 is 3.04 bits per heavy atom. The second kappa shape index (κ2) is 7.05. The predicted molar refractivity (Wildman–Crippen MR) is 109 cm³/mol. The molecule has 1 saturated heterocycles. The average molecular weight is 367 g/mol. The Morgan fingerprint density at radius 1 is 1.23 bits per heavy atom. The van der Waals surface area contributed by atoms with E-state index in [0.29, 0.717) is 17.9 Å². The molecule has 1 fully saturated rings. The zero-order chi connectivity index (χ0) is 16.8. The van der Waals surface area contributed by atoms with Gasteiger partial charge in [-0.15, -0.1) is 24.2 Å². The van der Waals surface area contributed by atoms with Crippen LogP contribution in [0.4, 0.5) is 0 Å². The lowest BCUT2D eigenvalue weighted by molar-refractivity contribution is 0.321. The van der Waals surface area contributed by atoms with Gasteiger partial charge in [-0.1, -0.05) is 18.2 Å². The molecule has 0 radical (unpaired) electrons. The molecule has 0 aromatic heterocycles. The highest BCUT2D eigenvalue weighted by molar-refractivity contribution is 5.85. The molecule has 3 heteroatoms. The molecule has 3 aliphatic heterocycles. The van der Waals surface area contributed by atoms with Crippen LogP contribution >= 0.6 is 12.4 Å². The molecule has 0 aromatic carbocycles. The van der Waals surface area contributed by atoms with Gasteiger partial charge >= 0.3 is 0 Å². The van der Waals surface area contributed by atoms with Gasteiger partial charge in [0.1, 0.15) is 0 Å². The fraction of sp³-hybridized carbons (Fsp3) is 0.478. The number of fused-ring (bicyclic) bond motifs is 5. The van der Waals surface area contributed by atoms with Gasteiger partial charge in [0.15, 0.2) is 0 Å². The molecule has 136 valence electrons. The van der Waals surface area contributed by atoms with Crippen LogP contribution in [0, 0.1) is 23.7 Å². The van der Waals surface area contributed by atoms with Crippen LogP contribution in [0.5, 0.6) is 0 Å². The maximum Gasteiger partial charge on any atom is 0.0588 e. The van der Waals surface area contributed by atoms with E-state index >= 15 is 0 Å². The third-order valence-corrected chi connectivity index (χ3v) is 6.51. The molecule has 26 heavy (non-hydrogen) atoms. The molecule has 0 spiro atoms. The van der Waals surface area contributed by atoms with E-state index in [1.165, 1.54) is 42.5 Å². The van der Waals surface area contributed by atoms with E-state index in [0.717, 1.165) is 19.4 Å². The minimum atomic E-state index is 0. The monoisotopic (exact) mass is 366 g/mol. The highest BCUT2D eigenvalue weighted by atomic mass is 35.5. The summed E-state index contributed by atoms with van der Waals surface area (Å²) in [5, 5.41) is 3.46. The maximum atomic E-state index is 3.46. The van der Waals surface area contributed by atoms with Crippen molar-refractivity contribution in [2.45, 2.75) is 51.5 Å². The van der Waals surface area contributed by atoms with Crippen molar-refractivity contribution in [3.05, 3.63) is 58.6 Å². The minimum absolute atomic E-state index is 0. The summed E-state index contributed by atoms with van der Waals surface area (Å²) >= 11 is 0. The van der Waals surface area contributed by atoms with E-state index < -0.39 is 0 Å². The molecule has 1 N–H and O–H groups in total. The van der Waals surface area contributed by atoms with Crippen LogP contribution in [-0.2, 0) is 0 Å². The summed E-state index contributed by atoms with van der Waals surface area (Å²) in [6, 6.07) is 0.534. The van der Waals surface area contributed by atoms with Gasteiger partial charge in [0.25, 0.3) is 0 Å². The fourth-order valence-electron chi connectivity index (χ4n) is 5.42. The van der Waals surface area contributed by atoms with E-state index in [9.17, 15) is 0 Å². The van der Waals surface area contributed by atoms with Crippen molar-refractivity contribution in [2.24, 2.45) is 11.8 Å². The van der Waals surface area contributed by atoms with Gasteiger partial charge < -0.3 is 10.2 Å². The molecule has 3 atom stereocenters. The van der Waals surface area contributed by atoms with Crippen molar-refractivity contribution < 1.29 is 0 Å². The summed E-state index contributed by atoms with van der Waals surface area (Å²) in [6.45, 7) is 2.92. The van der Waals surface area contributed by atoms with Crippen LogP contribution in [0.1, 0.15) is 45.4 Å². The zero-order valence-electron chi connectivity index (χ0n) is 15.4. The van der Waals surface area contributed by atoms with E-state index in [4.69, 9.17) is 0 Å². The summed E-state index contributed by atoms with van der Waals surface area (Å²) in [5.41, 5.74) is 7.87. The first-order chi connectivity index (χ1) is 12.4. The van der Waals surface area contributed by atoms with Gasteiger partial charge in [0.2, 0.25) is 0 Å². The van der Waals surface area contributed by atoms with Gasteiger partial charge in [-0.2, -0.15) is 0 Å². The van der Waals surface area contributed by atoms with Crippen LogP contribution in [0.15, 0.2) is 58.6 Å². The third-order valence-electron chi connectivity index (χ3n) is 6.51. The highest BCUT2D eigenvalue weighted by Gasteiger charge is 2.46. The number of hydrogen-bond acceptors (Lipinski definition) is 2. The number of hydrogen-bond donors (Lipinski definition) is 1. The Bertz CT molecular complexity index is 815. The van der Waals surface area contributed by atoms with E-state index in [1.807, 2.05) is 6.92 Å². The molecular weight excluding hydrogens is 340 g/mol. The molecule has 3 heterocycles. The first kappa shape index (κ1) is 17.6. The van der Waals surface area contributed by atoms with E-state index in [2.05, 4.69) is 52.6 Å². The minimum Gasteiger partial charge on any atom is -0.387 e. The SMILES string of the molecule is CC#CCC1CCC2C3=CNCC=C3N3C2=C1CC=C1C=CCCC13.Cl. The molecule has 2 nitrogen and oxygen atoms in total. The normalized spacial score (nSPS) is 30.9. The standard InChI is InChI=1S/C23H26N2.ClH/c1-2-3-6-16-9-12-19-20-15-24-14-13-22(20)25-21-8-5-4-7-17(21)10-11-18(16)23(19)25;/h4,7,10,13,15-16,19,21,24H,5-6,8-9,11-12,14H2,1H3;1H. The Kier molecular flexibility index (Phi) is 4.76. The van der Waals surface area contributed by atoms with Crippen molar-refractivity contribution in [1.82, 2.24) is 10.2 Å². The molecular formula is C23H27ClN2.